The summed E-state index contributed by atoms with van der Waals surface area (Å²) in [6.45, 7) is 0. The third-order valence-corrected chi connectivity index (χ3v) is 9.35. The van der Waals surface area contributed by atoms with Gasteiger partial charge in [-0.25, -0.2) is 0 Å². The average Bonchev–Trinajstić information content (AvgIpc) is 3.99. The molecule has 0 N–H and O–H groups in total. The second kappa shape index (κ2) is 16.0. The van der Waals surface area contributed by atoms with E-state index in [9.17, 15) is 0 Å². The number of para-hydroxylation sites is 2. The molecule has 0 aliphatic rings. The molecule has 10 aromatic rings. The normalized spacial score (nSPS) is 10.7. The average molecular weight is 734 g/mol. The van der Waals surface area contributed by atoms with Crippen LogP contribution in [0.5, 0.6) is 0 Å². The molecule has 3 heteroatoms. The number of aromatic nitrogens is 2. The van der Waals surface area contributed by atoms with Gasteiger partial charge in [-0.1, -0.05) is 109 Å². The zero-order valence-corrected chi connectivity index (χ0v) is 30.9. The van der Waals surface area contributed by atoms with Crippen LogP contribution in [0.3, 0.4) is 0 Å². The minimum absolute atomic E-state index is 0. The molecule has 2 heterocycles. The molecule has 51 heavy (non-hydrogen) atoms. The Morgan fingerprint density at radius 3 is 1.12 bits per heavy atom. The largest absolute Gasteiger partial charge is 2.00 e. The first-order chi connectivity index (χ1) is 24.8. The quantitative estimate of drug-likeness (QED) is 0.156. The van der Waals surface area contributed by atoms with Crippen molar-refractivity contribution in [3.63, 3.8) is 0 Å². The molecule has 0 atom stereocenters. The van der Waals surface area contributed by atoms with Crippen molar-refractivity contribution in [2.24, 2.45) is 0 Å². The van der Waals surface area contributed by atoms with Crippen LogP contribution in [0, 0.1) is 0 Å². The minimum Gasteiger partial charge on any atom is -0.335 e. The van der Waals surface area contributed by atoms with Gasteiger partial charge in [0.1, 0.15) is 0 Å². The van der Waals surface area contributed by atoms with E-state index in [1.165, 1.54) is 65.9 Å². The molecule has 0 aliphatic carbocycles. The van der Waals surface area contributed by atoms with E-state index in [-0.39, 0.29) is 26.2 Å². The number of aryl methyl sites for hydroxylation is 2. The summed E-state index contributed by atoms with van der Waals surface area (Å²) in [7, 11) is 0. The van der Waals surface area contributed by atoms with Gasteiger partial charge in [0, 0.05) is 12.4 Å². The van der Waals surface area contributed by atoms with Crippen molar-refractivity contribution in [3.8, 4) is 11.4 Å². The summed E-state index contributed by atoms with van der Waals surface area (Å²) in [5.74, 6) is 0. The molecule has 0 unspecified atom stereocenters. The third-order valence-electron chi connectivity index (χ3n) is 9.35. The van der Waals surface area contributed by atoms with Crippen LogP contribution in [0.25, 0.3) is 54.7 Å². The van der Waals surface area contributed by atoms with Crippen molar-refractivity contribution < 1.29 is 26.2 Å². The molecule has 2 nitrogen and oxygen atoms in total. The maximum Gasteiger partial charge on any atom is 2.00 e. The van der Waals surface area contributed by atoms with Crippen LogP contribution in [0.4, 0.5) is 0 Å². The van der Waals surface area contributed by atoms with Gasteiger partial charge in [-0.3, -0.25) is 0 Å². The van der Waals surface area contributed by atoms with Gasteiger partial charge in [-0.05, 0) is 70.4 Å². The summed E-state index contributed by atoms with van der Waals surface area (Å²) < 4.78 is 4.49. The van der Waals surface area contributed by atoms with Crippen LogP contribution in [0.15, 0.2) is 207 Å². The Hall–Kier alpha value is -5.50. The second-order valence-electron chi connectivity index (χ2n) is 12.6. The molecule has 0 bridgehead atoms. The first-order valence-electron chi connectivity index (χ1n) is 17.3. The molecular formula is C48H38N2Zr. The molecule has 0 saturated heterocycles. The molecule has 0 amide bonds. The molecule has 0 aliphatic heterocycles. The fraction of sp³-hybridized carbons (Fsp3) is 0.0417. The predicted octanol–water partition coefficient (Wildman–Crippen LogP) is 12.5. The zero-order valence-electron chi connectivity index (χ0n) is 28.4. The number of nitrogens with zero attached hydrogens (tertiary/aromatic N) is 2. The Labute approximate surface area is 318 Å². The summed E-state index contributed by atoms with van der Waals surface area (Å²) in [5, 5.41) is 7.75. The first kappa shape index (κ1) is 34.0. The van der Waals surface area contributed by atoms with Gasteiger partial charge < -0.3 is 9.13 Å². The van der Waals surface area contributed by atoms with Gasteiger partial charge in [0.15, 0.2) is 0 Å². The van der Waals surface area contributed by atoms with Crippen LogP contribution in [-0.2, 0) is 39.0 Å². The smallest absolute Gasteiger partial charge is 0.335 e. The van der Waals surface area contributed by atoms with Crippen molar-refractivity contribution in [1.29, 1.82) is 0 Å². The van der Waals surface area contributed by atoms with Crippen molar-refractivity contribution in [3.05, 3.63) is 218 Å². The Kier molecular flexibility index (Phi) is 10.7. The van der Waals surface area contributed by atoms with Crippen molar-refractivity contribution in [2.75, 3.05) is 0 Å². The van der Waals surface area contributed by atoms with Gasteiger partial charge in [0.05, 0.1) is 11.0 Å². The Bertz CT molecular complexity index is 2350. The number of benzene rings is 6. The fourth-order valence-corrected chi connectivity index (χ4v) is 6.74. The Morgan fingerprint density at radius 2 is 0.706 bits per heavy atom. The van der Waals surface area contributed by atoms with E-state index in [2.05, 4.69) is 216 Å². The van der Waals surface area contributed by atoms with Crippen LogP contribution in [0.2, 0.25) is 0 Å². The molecule has 0 saturated carbocycles. The van der Waals surface area contributed by atoms with E-state index in [1.807, 2.05) is 0 Å². The van der Waals surface area contributed by atoms with Crippen molar-refractivity contribution in [1.82, 2.24) is 9.13 Å². The first-order valence-corrected chi connectivity index (χ1v) is 17.3. The summed E-state index contributed by atoms with van der Waals surface area (Å²) >= 11 is 0. The Morgan fingerprint density at radius 1 is 0.353 bits per heavy atom. The molecule has 2 aromatic heterocycles. The van der Waals surface area contributed by atoms with E-state index in [1.54, 1.807) is 0 Å². The number of hydrogen-bond donors (Lipinski definition) is 0. The summed E-state index contributed by atoms with van der Waals surface area (Å²) in [6.07, 6.45) is 6.54. The van der Waals surface area contributed by atoms with E-state index in [0.29, 0.717) is 0 Å². The molecule has 0 spiro atoms. The fourth-order valence-electron chi connectivity index (χ4n) is 6.74. The van der Waals surface area contributed by atoms with Crippen LogP contribution in [-0.4, -0.2) is 9.13 Å². The van der Waals surface area contributed by atoms with Gasteiger partial charge in [0.2, 0.25) is 0 Å². The van der Waals surface area contributed by atoms with Gasteiger partial charge in [-0.15, -0.1) is 82.2 Å². The predicted molar refractivity (Wildman–Crippen MR) is 213 cm³/mol. The molecule has 8 aromatic carbocycles. The van der Waals surface area contributed by atoms with Crippen molar-refractivity contribution in [2.45, 2.75) is 12.8 Å². The van der Waals surface area contributed by atoms with E-state index in [4.69, 9.17) is 0 Å². The summed E-state index contributed by atoms with van der Waals surface area (Å²) in [5.41, 5.74) is 7.81. The minimum atomic E-state index is 0. The van der Waals surface area contributed by atoms with E-state index in [0.717, 1.165) is 12.8 Å². The maximum absolute atomic E-state index is 2.25. The molecule has 244 valence electrons. The van der Waals surface area contributed by atoms with Crippen LogP contribution in [0.1, 0.15) is 11.1 Å². The van der Waals surface area contributed by atoms with E-state index < -0.39 is 0 Å². The van der Waals surface area contributed by atoms with Crippen LogP contribution >= 0.6 is 0 Å². The number of rotatable bonds is 5. The molecule has 0 radical (unpaired) electrons. The Balaban J connectivity index is 0.000000120. The van der Waals surface area contributed by atoms with Crippen LogP contribution < -0.4 is 0 Å². The number of hydrogen-bond acceptors (Lipinski definition) is 0. The maximum atomic E-state index is 2.25. The van der Waals surface area contributed by atoms with Gasteiger partial charge >= 0.3 is 26.2 Å². The third kappa shape index (κ3) is 7.80. The monoisotopic (exact) mass is 732 g/mol. The SMILES string of the molecule is [Zr+2].c1ccc(CCc2ccccc2)cc1.c1ccc2[cH-]c(-n3ccc4ccccc43)cc2c1.c1ccc2[cH-]c(-n3ccc4ccccc43)cc2c1. The summed E-state index contributed by atoms with van der Waals surface area (Å²) in [4.78, 5) is 0. The van der Waals surface area contributed by atoms with Crippen molar-refractivity contribution >= 4 is 43.4 Å². The summed E-state index contributed by atoms with van der Waals surface area (Å²) in [6, 6.07) is 68.4. The van der Waals surface area contributed by atoms with Gasteiger partial charge in [0.25, 0.3) is 0 Å². The molecule has 0 fully saturated rings. The zero-order chi connectivity index (χ0) is 33.5. The second-order valence-corrected chi connectivity index (χ2v) is 12.6. The standard InChI is InChI=1S/2C17H12N.C14H14.Zr/c2*1-2-7-15-12-16(11-14(15)6-1)18-10-9-13-5-3-4-8-17(13)18;1-3-7-13(8-4-1)11-12-14-9-5-2-6-10-14;/h2*1-12H;1-10H,11-12H2;/q2*-1;;+2. The number of fused-ring (bicyclic) bond motifs is 4. The van der Waals surface area contributed by atoms with E-state index >= 15 is 0 Å². The molecular weight excluding hydrogens is 696 g/mol. The van der Waals surface area contributed by atoms with Gasteiger partial charge in [-0.2, -0.15) is 0 Å². The molecule has 10 rings (SSSR count). The topological polar surface area (TPSA) is 9.86 Å².